The van der Waals surface area contributed by atoms with Crippen molar-refractivity contribution < 1.29 is 14.6 Å². The summed E-state index contributed by atoms with van der Waals surface area (Å²) in [5.41, 5.74) is 0. The molecule has 0 aromatic rings. The lowest BCUT2D eigenvalue weighted by atomic mass is 9.80. The molecule has 1 saturated carbocycles. The molecule has 3 atom stereocenters. The van der Waals surface area contributed by atoms with E-state index in [1.54, 1.807) is 7.11 Å². The fraction of sp³-hybridized carbons (Fsp3) is 1.00. The Morgan fingerprint density at radius 2 is 1.90 bits per heavy atom. The van der Waals surface area contributed by atoms with Gasteiger partial charge in [0.1, 0.15) is 0 Å². The second kappa shape index (κ2) is 8.98. The molecule has 1 N–H and O–H groups in total. The van der Waals surface area contributed by atoms with Crippen LogP contribution in [0.3, 0.4) is 0 Å². The van der Waals surface area contributed by atoms with E-state index in [4.69, 9.17) is 9.47 Å². The van der Waals surface area contributed by atoms with Crippen molar-refractivity contribution in [2.45, 2.75) is 57.1 Å². The highest BCUT2D eigenvalue weighted by Crippen LogP contribution is 2.34. The summed E-state index contributed by atoms with van der Waals surface area (Å²) in [6.45, 7) is 4.57. The first-order valence-electron chi connectivity index (χ1n) is 8.31. The molecule has 1 aliphatic carbocycles. The van der Waals surface area contributed by atoms with Crippen LogP contribution in [0.5, 0.6) is 0 Å². The highest BCUT2D eigenvalue weighted by atomic mass is 16.5. The van der Waals surface area contributed by atoms with Gasteiger partial charge >= 0.3 is 0 Å². The Kier molecular flexibility index (Phi) is 7.28. The van der Waals surface area contributed by atoms with E-state index in [2.05, 4.69) is 4.90 Å². The summed E-state index contributed by atoms with van der Waals surface area (Å²) in [6, 6.07) is 0.591. The minimum Gasteiger partial charge on any atom is -0.393 e. The van der Waals surface area contributed by atoms with E-state index in [-0.39, 0.29) is 6.10 Å². The Hall–Kier alpha value is -0.160. The van der Waals surface area contributed by atoms with Gasteiger partial charge in [0, 0.05) is 38.8 Å². The molecule has 0 aromatic heterocycles. The Bertz CT molecular complexity index is 262. The van der Waals surface area contributed by atoms with E-state index in [0.717, 1.165) is 39.2 Å². The average molecular weight is 285 g/mol. The van der Waals surface area contributed by atoms with Gasteiger partial charge in [-0.25, -0.2) is 0 Å². The highest BCUT2D eigenvalue weighted by Gasteiger charge is 2.36. The van der Waals surface area contributed by atoms with Crippen molar-refractivity contribution in [1.29, 1.82) is 0 Å². The third-order valence-electron chi connectivity index (χ3n) is 4.85. The molecule has 2 fully saturated rings. The van der Waals surface area contributed by atoms with Crippen LogP contribution in [0.1, 0.15) is 44.9 Å². The Morgan fingerprint density at radius 1 is 1.05 bits per heavy atom. The monoisotopic (exact) mass is 285 g/mol. The quantitative estimate of drug-likeness (QED) is 0.693. The van der Waals surface area contributed by atoms with Crippen LogP contribution in [0, 0.1) is 5.92 Å². The number of rotatable bonds is 8. The molecular weight excluding hydrogens is 254 g/mol. The predicted octanol–water partition coefficient (Wildman–Crippen LogP) is 2.06. The summed E-state index contributed by atoms with van der Waals surface area (Å²) in [4.78, 5) is 2.55. The molecule has 4 nitrogen and oxygen atoms in total. The zero-order chi connectivity index (χ0) is 14.2. The number of nitrogens with zero attached hydrogens (tertiary/aromatic N) is 1. The van der Waals surface area contributed by atoms with Gasteiger partial charge in [0.2, 0.25) is 0 Å². The standard InChI is InChI=1S/C16H31NO3/c1-19-11-5-12-20-13-10-17-9-4-7-15(17)14-6-2-3-8-16(14)18/h14-16,18H,2-13H2,1H3. The van der Waals surface area contributed by atoms with E-state index in [1.165, 1.54) is 38.6 Å². The molecule has 1 aliphatic heterocycles. The summed E-state index contributed by atoms with van der Waals surface area (Å²) < 4.78 is 10.7. The van der Waals surface area contributed by atoms with Crippen LogP contribution < -0.4 is 0 Å². The van der Waals surface area contributed by atoms with Crippen LogP contribution in [0.25, 0.3) is 0 Å². The number of likely N-dealkylation sites (tertiary alicyclic amines) is 1. The molecule has 3 unspecified atom stereocenters. The summed E-state index contributed by atoms with van der Waals surface area (Å²) in [5.74, 6) is 0.500. The van der Waals surface area contributed by atoms with Crippen molar-refractivity contribution in [1.82, 2.24) is 4.90 Å². The number of aliphatic hydroxyl groups excluding tert-OH is 1. The summed E-state index contributed by atoms with van der Waals surface area (Å²) in [6.07, 6.45) is 8.13. The zero-order valence-corrected chi connectivity index (χ0v) is 12.9. The van der Waals surface area contributed by atoms with Gasteiger partial charge < -0.3 is 14.6 Å². The highest BCUT2D eigenvalue weighted by molar-refractivity contribution is 4.90. The van der Waals surface area contributed by atoms with Crippen molar-refractivity contribution in [3.05, 3.63) is 0 Å². The molecule has 1 saturated heterocycles. The molecule has 0 amide bonds. The van der Waals surface area contributed by atoms with Gasteiger partial charge in [-0.2, -0.15) is 0 Å². The van der Waals surface area contributed by atoms with E-state index in [0.29, 0.717) is 12.0 Å². The maximum absolute atomic E-state index is 10.2. The fourth-order valence-electron chi connectivity index (χ4n) is 3.79. The number of hydrogen-bond acceptors (Lipinski definition) is 4. The van der Waals surface area contributed by atoms with Crippen molar-refractivity contribution in [3.63, 3.8) is 0 Å². The fourth-order valence-corrected chi connectivity index (χ4v) is 3.79. The molecule has 20 heavy (non-hydrogen) atoms. The number of ether oxygens (including phenoxy) is 2. The number of aliphatic hydroxyl groups is 1. The summed E-state index contributed by atoms with van der Waals surface area (Å²) in [5, 5.41) is 10.2. The SMILES string of the molecule is COCCCOCCN1CCCC1C1CCCCC1O. The Labute approximate surface area is 123 Å². The first-order valence-corrected chi connectivity index (χ1v) is 8.31. The zero-order valence-electron chi connectivity index (χ0n) is 12.9. The second-order valence-corrected chi connectivity index (χ2v) is 6.22. The van der Waals surface area contributed by atoms with Crippen molar-refractivity contribution in [2.75, 3.05) is 40.0 Å². The van der Waals surface area contributed by atoms with Gasteiger partial charge in [0.15, 0.2) is 0 Å². The first kappa shape index (κ1) is 16.2. The average Bonchev–Trinajstić information content (AvgIpc) is 2.91. The van der Waals surface area contributed by atoms with Crippen LogP contribution in [0.4, 0.5) is 0 Å². The molecule has 1 heterocycles. The van der Waals surface area contributed by atoms with Gasteiger partial charge in [0.05, 0.1) is 12.7 Å². The molecule has 0 spiro atoms. The third kappa shape index (κ3) is 4.69. The van der Waals surface area contributed by atoms with E-state index in [1.807, 2.05) is 0 Å². The third-order valence-corrected chi connectivity index (χ3v) is 4.85. The molecule has 118 valence electrons. The molecule has 2 rings (SSSR count). The molecule has 0 bridgehead atoms. The first-order chi connectivity index (χ1) is 9.83. The van der Waals surface area contributed by atoms with Crippen molar-refractivity contribution in [3.8, 4) is 0 Å². The van der Waals surface area contributed by atoms with Crippen LogP contribution in [-0.4, -0.2) is 62.2 Å². The Balaban J connectivity index is 1.67. The number of hydrogen-bond donors (Lipinski definition) is 1. The van der Waals surface area contributed by atoms with E-state index < -0.39 is 0 Å². The lowest BCUT2D eigenvalue weighted by Crippen LogP contribution is -2.43. The van der Waals surface area contributed by atoms with Crippen LogP contribution in [0.15, 0.2) is 0 Å². The normalized spacial score (nSPS) is 31.8. The maximum Gasteiger partial charge on any atom is 0.0593 e. The lowest BCUT2D eigenvalue weighted by Gasteiger charge is -2.37. The van der Waals surface area contributed by atoms with Crippen LogP contribution in [0.2, 0.25) is 0 Å². The molecule has 0 radical (unpaired) electrons. The van der Waals surface area contributed by atoms with Gasteiger partial charge in [0.25, 0.3) is 0 Å². The minimum atomic E-state index is -0.0722. The molecule has 2 aliphatic rings. The maximum atomic E-state index is 10.2. The van der Waals surface area contributed by atoms with E-state index >= 15 is 0 Å². The molecule has 0 aromatic carbocycles. The van der Waals surface area contributed by atoms with Crippen LogP contribution in [-0.2, 0) is 9.47 Å². The topological polar surface area (TPSA) is 41.9 Å². The smallest absolute Gasteiger partial charge is 0.0593 e. The molecular formula is C16H31NO3. The van der Waals surface area contributed by atoms with Gasteiger partial charge in [-0.05, 0) is 38.6 Å². The van der Waals surface area contributed by atoms with Crippen molar-refractivity contribution >= 4 is 0 Å². The van der Waals surface area contributed by atoms with E-state index in [9.17, 15) is 5.11 Å². The van der Waals surface area contributed by atoms with Gasteiger partial charge in [-0.3, -0.25) is 4.90 Å². The summed E-state index contributed by atoms with van der Waals surface area (Å²) >= 11 is 0. The minimum absolute atomic E-state index is 0.0722. The number of methoxy groups -OCH3 is 1. The van der Waals surface area contributed by atoms with Gasteiger partial charge in [-0.1, -0.05) is 12.8 Å². The van der Waals surface area contributed by atoms with Crippen LogP contribution >= 0.6 is 0 Å². The summed E-state index contributed by atoms with van der Waals surface area (Å²) in [7, 11) is 1.73. The van der Waals surface area contributed by atoms with Gasteiger partial charge in [-0.15, -0.1) is 0 Å². The largest absolute Gasteiger partial charge is 0.393 e. The second-order valence-electron chi connectivity index (χ2n) is 6.22. The van der Waals surface area contributed by atoms with Crippen molar-refractivity contribution in [2.24, 2.45) is 5.92 Å². The predicted molar refractivity (Wildman–Crippen MR) is 79.9 cm³/mol. The molecule has 4 heteroatoms. The lowest BCUT2D eigenvalue weighted by molar-refractivity contribution is 0.0119. The Morgan fingerprint density at radius 3 is 2.70 bits per heavy atom.